The number of benzene rings is 2. The van der Waals surface area contributed by atoms with Crippen molar-refractivity contribution < 1.29 is 23.9 Å². The van der Waals surface area contributed by atoms with Gasteiger partial charge in [-0.15, -0.1) is 0 Å². The van der Waals surface area contributed by atoms with Crippen molar-refractivity contribution in [3.05, 3.63) is 57.6 Å². The normalized spacial score (nSPS) is 17.5. The minimum absolute atomic E-state index is 0.132. The summed E-state index contributed by atoms with van der Waals surface area (Å²) < 4.78 is 11.3. The molecule has 2 heterocycles. The zero-order valence-electron chi connectivity index (χ0n) is 14.4. The molecular weight excluding hydrogens is 407 g/mol. The summed E-state index contributed by atoms with van der Waals surface area (Å²) in [6.45, 7) is 0.0427. The molecule has 0 unspecified atom stereocenters. The number of nitrogens with zero attached hydrogens (tertiary/aromatic N) is 1. The predicted molar refractivity (Wildman–Crippen MR) is 101 cm³/mol. The number of halogens is 2. The van der Waals surface area contributed by atoms with E-state index in [4.69, 9.17) is 32.7 Å². The molecule has 0 spiro atoms. The van der Waals surface area contributed by atoms with E-state index in [1.54, 1.807) is 12.1 Å². The third-order valence-electron chi connectivity index (χ3n) is 4.41. The van der Waals surface area contributed by atoms with Crippen molar-refractivity contribution >= 4 is 40.9 Å². The number of amides is 3. The zero-order valence-corrected chi connectivity index (χ0v) is 15.9. The molecule has 2 aromatic carbocycles. The number of imide groups is 1. The molecule has 0 bridgehead atoms. The summed E-state index contributed by atoms with van der Waals surface area (Å²) in [6, 6.07) is 9.91. The molecule has 0 saturated carbocycles. The van der Waals surface area contributed by atoms with Crippen LogP contribution in [0.4, 0.5) is 0 Å². The van der Waals surface area contributed by atoms with Crippen molar-refractivity contribution in [2.75, 3.05) is 19.7 Å². The van der Waals surface area contributed by atoms with Gasteiger partial charge in [0, 0.05) is 0 Å². The topological polar surface area (TPSA) is 84.9 Å². The Balaban J connectivity index is 1.36. The van der Waals surface area contributed by atoms with Crippen LogP contribution in [0.5, 0.6) is 11.5 Å². The SMILES string of the molecule is O=C(CN1C(=O)c2cc(Cl)c(Cl)cc2C1=O)NC[C@H]1COc2ccccc2O1. The highest BCUT2D eigenvalue weighted by atomic mass is 35.5. The fourth-order valence-electron chi connectivity index (χ4n) is 3.02. The minimum Gasteiger partial charge on any atom is -0.486 e. The Morgan fingerprint density at radius 3 is 2.32 bits per heavy atom. The van der Waals surface area contributed by atoms with E-state index in [9.17, 15) is 14.4 Å². The molecule has 0 radical (unpaired) electrons. The highest BCUT2D eigenvalue weighted by Crippen LogP contribution is 2.32. The Morgan fingerprint density at radius 1 is 1.07 bits per heavy atom. The minimum atomic E-state index is -0.583. The number of hydrogen-bond acceptors (Lipinski definition) is 5. The van der Waals surface area contributed by atoms with E-state index in [1.165, 1.54) is 12.1 Å². The van der Waals surface area contributed by atoms with Crippen molar-refractivity contribution in [1.29, 1.82) is 0 Å². The first-order valence-electron chi connectivity index (χ1n) is 8.44. The Labute approximate surface area is 170 Å². The van der Waals surface area contributed by atoms with Crippen LogP contribution in [-0.4, -0.2) is 48.4 Å². The summed E-state index contributed by atoms with van der Waals surface area (Å²) in [5.74, 6) is -0.413. The lowest BCUT2D eigenvalue weighted by atomic mass is 10.1. The highest BCUT2D eigenvalue weighted by Gasteiger charge is 2.37. The van der Waals surface area contributed by atoms with Crippen LogP contribution in [0, 0.1) is 0 Å². The van der Waals surface area contributed by atoms with Crippen LogP contribution in [0.2, 0.25) is 10.0 Å². The standard InChI is InChI=1S/C19H14Cl2N2O5/c20-13-5-11-12(6-14(13)21)19(26)23(18(11)25)8-17(24)22-7-10-9-27-15-3-1-2-4-16(15)28-10/h1-6,10H,7-9H2,(H,22,24)/t10-/m0/s1. The van der Waals surface area contributed by atoms with Gasteiger partial charge in [0.1, 0.15) is 19.3 Å². The first-order valence-corrected chi connectivity index (χ1v) is 9.20. The van der Waals surface area contributed by atoms with Crippen molar-refractivity contribution in [2.24, 2.45) is 0 Å². The van der Waals surface area contributed by atoms with Gasteiger partial charge in [0.15, 0.2) is 11.5 Å². The molecule has 4 rings (SSSR count). The lowest BCUT2D eigenvalue weighted by Gasteiger charge is -2.26. The predicted octanol–water partition coefficient (Wildman–Crippen LogP) is 2.55. The number of carbonyl (C=O) groups is 3. The summed E-state index contributed by atoms with van der Waals surface area (Å²) in [6.07, 6.45) is -0.376. The van der Waals surface area contributed by atoms with E-state index in [-0.39, 0.29) is 40.4 Å². The first kappa shape index (κ1) is 18.6. The van der Waals surface area contributed by atoms with E-state index in [2.05, 4.69) is 5.32 Å². The number of ether oxygens (including phenoxy) is 2. The van der Waals surface area contributed by atoms with E-state index in [0.29, 0.717) is 11.5 Å². The van der Waals surface area contributed by atoms with Crippen LogP contribution < -0.4 is 14.8 Å². The second-order valence-electron chi connectivity index (χ2n) is 6.31. The van der Waals surface area contributed by atoms with E-state index in [1.807, 2.05) is 12.1 Å². The van der Waals surface area contributed by atoms with Gasteiger partial charge in [-0.05, 0) is 24.3 Å². The van der Waals surface area contributed by atoms with Gasteiger partial charge in [-0.2, -0.15) is 0 Å². The Hall–Kier alpha value is -2.77. The lowest BCUT2D eigenvalue weighted by Crippen LogP contribution is -2.45. The number of hydrogen-bond donors (Lipinski definition) is 1. The first-order chi connectivity index (χ1) is 13.4. The molecule has 0 aliphatic carbocycles. The van der Waals surface area contributed by atoms with Gasteiger partial charge >= 0.3 is 0 Å². The smallest absolute Gasteiger partial charge is 0.262 e. The third kappa shape index (κ3) is 3.39. The van der Waals surface area contributed by atoms with Gasteiger partial charge in [0.2, 0.25) is 5.91 Å². The fraction of sp³-hybridized carbons (Fsp3) is 0.211. The van der Waals surface area contributed by atoms with Crippen molar-refractivity contribution in [3.8, 4) is 11.5 Å². The maximum atomic E-state index is 12.4. The average Bonchev–Trinajstić information content (AvgIpc) is 2.91. The summed E-state index contributed by atoms with van der Waals surface area (Å²) in [5, 5.41) is 3.00. The fourth-order valence-corrected chi connectivity index (χ4v) is 3.35. The molecule has 2 aliphatic rings. The molecule has 2 aromatic rings. The third-order valence-corrected chi connectivity index (χ3v) is 5.13. The van der Waals surface area contributed by atoms with Crippen LogP contribution in [0.3, 0.4) is 0 Å². The molecule has 1 atom stereocenters. The Morgan fingerprint density at radius 2 is 1.68 bits per heavy atom. The van der Waals surface area contributed by atoms with Gasteiger partial charge < -0.3 is 14.8 Å². The van der Waals surface area contributed by atoms with E-state index in [0.717, 1.165) is 4.90 Å². The molecule has 3 amide bonds. The van der Waals surface area contributed by atoms with E-state index < -0.39 is 24.3 Å². The van der Waals surface area contributed by atoms with Crippen molar-refractivity contribution in [1.82, 2.24) is 10.2 Å². The second kappa shape index (κ2) is 7.33. The molecule has 0 saturated heterocycles. The Kier molecular flexibility index (Phi) is 4.87. The second-order valence-corrected chi connectivity index (χ2v) is 7.12. The molecule has 2 aliphatic heterocycles. The number of carbonyl (C=O) groups excluding carboxylic acids is 3. The van der Waals surface area contributed by atoms with Crippen LogP contribution >= 0.6 is 23.2 Å². The molecule has 0 aromatic heterocycles. The van der Waals surface area contributed by atoms with Crippen LogP contribution in [0.15, 0.2) is 36.4 Å². The average molecular weight is 421 g/mol. The summed E-state index contributed by atoms with van der Waals surface area (Å²) in [7, 11) is 0. The molecule has 9 heteroatoms. The molecule has 144 valence electrons. The van der Waals surface area contributed by atoms with E-state index >= 15 is 0 Å². The number of fused-ring (bicyclic) bond motifs is 2. The molecule has 1 N–H and O–H groups in total. The quantitative estimate of drug-likeness (QED) is 0.768. The summed E-state index contributed by atoms with van der Waals surface area (Å²) in [5.41, 5.74) is 0.264. The highest BCUT2D eigenvalue weighted by molar-refractivity contribution is 6.43. The van der Waals surface area contributed by atoms with Gasteiger partial charge in [0.25, 0.3) is 11.8 Å². The van der Waals surface area contributed by atoms with Crippen LogP contribution in [-0.2, 0) is 4.79 Å². The summed E-state index contributed by atoms with van der Waals surface area (Å²) >= 11 is 11.8. The van der Waals surface area contributed by atoms with Crippen LogP contribution in [0.25, 0.3) is 0 Å². The van der Waals surface area contributed by atoms with Crippen LogP contribution in [0.1, 0.15) is 20.7 Å². The largest absolute Gasteiger partial charge is 0.486 e. The zero-order chi connectivity index (χ0) is 19.8. The van der Waals surface area contributed by atoms with Gasteiger partial charge in [0.05, 0.1) is 27.7 Å². The molecular formula is C19H14Cl2N2O5. The maximum Gasteiger partial charge on any atom is 0.262 e. The maximum absolute atomic E-state index is 12.4. The summed E-state index contributed by atoms with van der Waals surface area (Å²) in [4.78, 5) is 38.0. The van der Waals surface area contributed by atoms with Gasteiger partial charge in [-0.3, -0.25) is 19.3 Å². The van der Waals surface area contributed by atoms with Gasteiger partial charge in [-0.25, -0.2) is 0 Å². The molecule has 7 nitrogen and oxygen atoms in total. The molecule has 0 fully saturated rings. The van der Waals surface area contributed by atoms with Crippen molar-refractivity contribution in [3.63, 3.8) is 0 Å². The number of nitrogens with one attached hydrogen (secondary N) is 1. The Bertz CT molecular complexity index is 953. The van der Waals surface area contributed by atoms with Gasteiger partial charge in [-0.1, -0.05) is 35.3 Å². The lowest BCUT2D eigenvalue weighted by molar-refractivity contribution is -0.121. The molecule has 28 heavy (non-hydrogen) atoms. The number of para-hydroxylation sites is 2. The monoisotopic (exact) mass is 420 g/mol. The van der Waals surface area contributed by atoms with Crippen molar-refractivity contribution in [2.45, 2.75) is 6.10 Å². The number of rotatable bonds is 4.